The van der Waals surface area contributed by atoms with Gasteiger partial charge in [0, 0.05) is 23.3 Å². The Labute approximate surface area is 96.7 Å². The second kappa shape index (κ2) is 3.98. The van der Waals surface area contributed by atoms with Crippen LogP contribution < -0.4 is 4.74 Å². The molecule has 0 aliphatic carbocycles. The summed E-state index contributed by atoms with van der Waals surface area (Å²) in [6, 6.07) is 8.31. The van der Waals surface area contributed by atoms with E-state index >= 15 is 0 Å². The lowest BCUT2D eigenvalue weighted by atomic mass is 10.2. The highest BCUT2D eigenvalue weighted by Crippen LogP contribution is 2.18. The summed E-state index contributed by atoms with van der Waals surface area (Å²) in [5, 5.41) is 3.83. The van der Waals surface area contributed by atoms with Gasteiger partial charge in [-0.1, -0.05) is 17.4 Å². The highest BCUT2D eigenvalue weighted by atomic mass is 32.1. The number of fused-ring (bicyclic) bond motifs is 1. The second-order valence-corrected chi connectivity index (χ2v) is 4.34. The van der Waals surface area contributed by atoms with E-state index in [4.69, 9.17) is 4.74 Å². The van der Waals surface area contributed by atoms with Crippen molar-refractivity contribution >= 4 is 22.2 Å². The third-order valence-corrected chi connectivity index (χ3v) is 3.07. The van der Waals surface area contributed by atoms with Gasteiger partial charge in [0.25, 0.3) is 5.19 Å². The molecule has 0 aliphatic heterocycles. The predicted octanol–water partition coefficient (Wildman–Crippen LogP) is 3.20. The maximum atomic E-state index is 5.55. The predicted molar refractivity (Wildman–Crippen MR) is 64.7 cm³/mol. The van der Waals surface area contributed by atoms with Crippen LogP contribution in [0, 0.1) is 0 Å². The standard InChI is InChI=1S/C12H10N2OS/c1-2-11-10(3-4-13-11)7-9(1)8-15-12-14-5-6-16-12/h1-7,13H,8H2. The van der Waals surface area contributed by atoms with Crippen LogP contribution in [0.4, 0.5) is 0 Å². The third kappa shape index (κ3) is 1.79. The van der Waals surface area contributed by atoms with Gasteiger partial charge in [-0.3, -0.25) is 0 Å². The topological polar surface area (TPSA) is 37.9 Å². The van der Waals surface area contributed by atoms with E-state index in [1.54, 1.807) is 6.20 Å². The Morgan fingerprint density at radius 3 is 3.19 bits per heavy atom. The van der Waals surface area contributed by atoms with E-state index in [1.165, 1.54) is 16.7 Å². The Balaban J connectivity index is 1.78. The number of aromatic nitrogens is 2. The number of rotatable bonds is 3. The number of benzene rings is 1. The van der Waals surface area contributed by atoms with E-state index in [1.807, 2.05) is 11.6 Å². The van der Waals surface area contributed by atoms with Crippen molar-refractivity contribution in [2.24, 2.45) is 0 Å². The van der Waals surface area contributed by atoms with E-state index in [2.05, 4.69) is 34.2 Å². The van der Waals surface area contributed by atoms with Crippen molar-refractivity contribution in [1.82, 2.24) is 9.97 Å². The first-order valence-electron chi connectivity index (χ1n) is 5.00. The van der Waals surface area contributed by atoms with Crippen LogP contribution in [-0.4, -0.2) is 9.97 Å². The highest BCUT2D eigenvalue weighted by molar-refractivity contribution is 7.11. The molecule has 0 bridgehead atoms. The number of nitrogens with one attached hydrogen (secondary N) is 1. The third-order valence-electron chi connectivity index (χ3n) is 2.39. The Kier molecular flexibility index (Phi) is 2.34. The molecule has 4 heteroatoms. The van der Waals surface area contributed by atoms with Crippen LogP contribution in [0.2, 0.25) is 0 Å². The van der Waals surface area contributed by atoms with Crippen molar-refractivity contribution in [2.75, 3.05) is 0 Å². The van der Waals surface area contributed by atoms with Gasteiger partial charge in [-0.05, 0) is 29.1 Å². The molecule has 0 aliphatic rings. The van der Waals surface area contributed by atoms with E-state index in [9.17, 15) is 0 Å². The molecule has 2 aromatic heterocycles. The lowest BCUT2D eigenvalue weighted by Gasteiger charge is -2.02. The van der Waals surface area contributed by atoms with Crippen LogP contribution in [-0.2, 0) is 6.61 Å². The molecule has 0 unspecified atom stereocenters. The molecule has 0 saturated carbocycles. The Hall–Kier alpha value is -1.81. The molecule has 16 heavy (non-hydrogen) atoms. The van der Waals surface area contributed by atoms with Crippen molar-refractivity contribution in [3.8, 4) is 5.19 Å². The monoisotopic (exact) mass is 230 g/mol. The smallest absolute Gasteiger partial charge is 0.273 e. The Bertz CT molecular complexity index is 586. The van der Waals surface area contributed by atoms with Crippen molar-refractivity contribution in [2.45, 2.75) is 6.61 Å². The van der Waals surface area contributed by atoms with Crippen molar-refractivity contribution in [1.29, 1.82) is 0 Å². The zero-order valence-electron chi connectivity index (χ0n) is 8.51. The van der Waals surface area contributed by atoms with Gasteiger partial charge in [0.05, 0.1) is 0 Å². The minimum atomic E-state index is 0.564. The van der Waals surface area contributed by atoms with Crippen LogP contribution in [0.3, 0.4) is 0 Å². The zero-order valence-corrected chi connectivity index (χ0v) is 9.33. The number of H-pyrrole nitrogens is 1. The molecule has 2 heterocycles. The molecule has 3 aromatic rings. The minimum absolute atomic E-state index is 0.564. The lowest BCUT2D eigenvalue weighted by Crippen LogP contribution is -1.94. The van der Waals surface area contributed by atoms with Gasteiger partial charge in [0.2, 0.25) is 0 Å². The molecular weight excluding hydrogens is 220 g/mol. The number of hydrogen-bond acceptors (Lipinski definition) is 3. The lowest BCUT2D eigenvalue weighted by molar-refractivity contribution is 0.304. The molecule has 0 radical (unpaired) electrons. The molecule has 80 valence electrons. The summed E-state index contributed by atoms with van der Waals surface area (Å²) in [7, 11) is 0. The molecular formula is C12H10N2OS. The highest BCUT2D eigenvalue weighted by Gasteiger charge is 2.00. The van der Waals surface area contributed by atoms with Crippen LogP contribution in [0.5, 0.6) is 5.19 Å². The summed E-state index contributed by atoms with van der Waals surface area (Å²) in [6.45, 7) is 0.564. The first-order chi connectivity index (χ1) is 7.92. The maximum Gasteiger partial charge on any atom is 0.273 e. The van der Waals surface area contributed by atoms with Gasteiger partial charge in [-0.25, -0.2) is 4.98 Å². The quantitative estimate of drug-likeness (QED) is 0.750. The van der Waals surface area contributed by atoms with Crippen LogP contribution in [0.25, 0.3) is 10.9 Å². The number of hydrogen-bond donors (Lipinski definition) is 1. The molecule has 1 N–H and O–H groups in total. The molecule has 0 saturated heterocycles. The van der Waals surface area contributed by atoms with E-state index < -0.39 is 0 Å². The van der Waals surface area contributed by atoms with Gasteiger partial charge in [0.15, 0.2) is 0 Å². The Morgan fingerprint density at radius 2 is 2.31 bits per heavy atom. The van der Waals surface area contributed by atoms with Gasteiger partial charge in [-0.2, -0.15) is 0 Å². The first kappa shape index (κ1) is 9.42. The molecule has 3 rings (SSSR count). The van der Waals surface area contributed by atoms with Crippen molar-refractivity contribution in [3.05, 3.63) is 47.6 Å². The normalized spacial score (nSPS) is 10.8. The van der Waals surface area contributed by atoms with E-state index in [0.717, 1.165) is 11.1 Å². The van der Waals surface area contributed by atoms with Crippen molar-refractivity contribution in [3.63, 3.8) is 0 Å². The van der Waals surface area contributed by atoms with Gasteiger partial charge in [0.1, 0.15) is 6.61 Å². The van der Waals surface area contributed by atoms with Crippen LogP contribution in [0.1, 0.15) is 5.56 Å². The van der Waals surface area contributed by atoms with Gasteiger partial charge in [-0.15, -0.1) is 0 Å². The van der Waals surface area contributed by atoms with E-state index in [0.29, 0.717) is 11.8 Å². The minimum Gasteiger partial charge on any atom is -0.465 e. The fourth-order valence-corrected chi connectivity index (χ4v) is 2.11. The molecule has 0 amide bonds. The van der Waals surface area contributed by atoms with Crippen molar-refractivity contribution < 1.29 is 4.74 Å². The molecule has 0 atom stereocenters. The number of nitrogens with zero attached hydrogens (tertiary/aromatic N) is 1. The molecule has 3 nitrogen and oxygen atoms in total. The van der Waals surface area contributed by atoms with Gasteiger partial charge < -0.3 is 9.72 Å². The fraction of sp³-hybridized carbons (Fsp3) is 0.0833. The zero-order chi connectivity index (χ0) is 10.8. The Morgan fingerprint density at radius 1 is 1.31 bits per heavy atom. The summed E-state index contributed by atoms with van der Waals surface area (Å²) in [5.41, 5.74) is 2.31. The molecule has 1 aromatic carbocycles. The summed E-state index contributed by atoms with van der Waals surface area (Å²) in [5.74, 6) is 0. The number of aromatic amines is 1. The first-order valence-corrected chi connectivity index (χ1v) is 5.88. The van der Waals surface area contributed by atoms with E-state index in [-0.39, 0.29) is 0 Å². The summed E-state index contributed by atoms with van der Waals surface area (Å²) < 4.78 is 5.55. The SMILES string of the molecule is c1csc(OCc2ccc3[nH]ccc3c2)n1. The summed E-state index contributed by atoms with van der Waals surface area (Å²) >= 11 is 1.51. The summed E-state index contributed by atoms with van der Waals surface area (Å²) in [4.78, 5) is 7.24. The van der Waals surface area contributed by atoms with Crippen LogP contribution in [0.15, 0.2) is 42.0 Å². The fourth-order valence-electron chi connectivity index (χ4n) is 1.62. The number of thiazole rings is 1. The average molecular weight is 230 g/mol. The van der Waals surface area contributed by atoms with Gasteiger partial charge >= 0.3 is 0 Å². The molecule has 0 spiro atoms. The van der Waals surface area contributed by atoms with Crippen LogP contribution >= 0.6 is 11.3 Å². The average Bonchev–Trinajstić information content (AvgIpc) is 2.97. The maximum absolute atomic E-state index is 5.55. The second-order valence-electron chi connectivity index (χ2n) is 3.49. The number of ether oxygens (including phenoxy) is 1. The largest absolute Gasteiger partial charge is 0.465 e. The summed E-state index contributed by atoms with van der Waals surface area (Å²) in [6.07, 6.45) is 3.69. The molecule has 0 fully saturated rings.